The second-order valence-electron chi connectivity index (χ2n) is 6.43. The average molecular weight is 540 g/mol. The summed E-state index contributed by atoms with van der Waals surface area (Å²) in [6, 6.07) is 7.58. The maximum absolute atomic E-state index is 12.4. The highest BCUT2D eigenvalue weighted by molar-refractivity contribution is 9.10. The molecule has 2 aromatic heterocycles. The predicted molar refractivity (Wildman–Crippen MR) is 128 cm³/mol. The molecule has 2 heterocycles. The molecule has 0 saturated heterocycles. The number of ether oxygens (including phenoxy) is 2. The lowest BCUT2D eigenvalue weighted by atomic mass is 10.1. The molecule has 0 radical (unpaired) electrons. The lowest BCUT2D eigenvalue weighted by Gasteiger charge is -2.15. The van der Waals surface area contributed by atoms with Crippen LogP contribution in [0.15, 0.2) is 52.4 Å². The number of hydrogen-bond acceptors (Lipinski definition) is 9. The zero-order valence-corrected chi connectivity index (χ0v) is 20.7. The molecule has 170 valence electrons. The lowest BCUT2D eigenvalue weighted by Crippen LogP contribution is -2.18. The minimum atomic E-state index is -3.56. The number of hydrogen-bond donors (Lipinski definition) is 1. The Labute approximate surface area is 199 Å². The van der Waals surface area contributed by atoms with Crippen molar-refractivity contribution in [2.75, 3.05) is 29.9 Å². The molecular weight excluding hydrogens is 518 g/mol. The van der Waals surface area contributed by atoms with Gasteiger partial charge >= 0.3 is 6.01 Å². The summed E-state index contributed by atoms with van der Waals surface area (Å²) in [5, 5.41) is 0. The van der Waals surface area contributed by atoms with Gasteiger partial charge in [0.25, 0.3) is 0 Å². The van der Waals surface area contributed by atoms with E-state index >= 15 is 0 Å². The van der Waals surface area contributed by atoms with E-state index < -0.39 is 10.0 Å². The van der Waals surface area contributed by atoms with Crippen LogP contribution in [0.2, 0.25) is 0 Å². The van der Waals surface area contributed by atoms with Crippen molar-refractivity contribution in [2.45, 2.75) is 18.2 Å². The van der Waals surface area contributed by atoms with Crippen molar-refractivity contribution in [2.24, 2.45) is 0 Å². The Kier molecular flexibility index (Phi) is 8.65. The fourth-order valence-electron chi connectivity index (χ4n) is 2.66. The number of aromatic nitrogens is 4. The summed E-state index contributed by atoms with van der Waals surface area (Å²) in [7, 11) is -3.56. The van der Waals surface area contributed by atoms with Crippen LogP contribution in [0, 0.1) is 0 Å². The molecule has 0 aliphatic rings. The molecule has 0 saturated carbocycles. The Morgan fingerprint density at radius 1 is 1.03 bits per heavy atom. The van der Waals surface area contributed by atoms with Gasteiger partial charge in [0.15, 0.2) is 5.82 Å². The largest absolute Gasteiger partial charge is 0.473 e. The second kappa shape index (κ2) is 11.4. The van der Waals surface area contributed by atoms with Gasteiger partial charge in [-0.15, -0.1) is 11.8 Å². The van der Waals surface area contributed by atoms with E-state index in [2.05, 4.69) is 40.6 Å². The molecule has 3 aromatic rings. The van der Waals surface area contributed by atoms with Crippen molar-refractivity contribution < 1.29 is 17.9 Å². The molecule has 3 rings (SSSR count). The Balaban J connectivity index is 1.79. The molecule has 1 N–H and O–H groups in total. The molecule has 0 bridgehead atoms. The lowest BCUT2D eigenvalue weighted by molar-refractivity contribution is 0.201. The number of nitrogens with zero attached hydrogens (tertiary/aromatic N) is 4. The van der Waals surface area contributed by atoms with Crippen LogP contribution in [0.5, 0.6) is 11.9 Å². The van der Waals surface area contributed by atoms with Gasteiger partial charge < -0.3 is 9.47 Å². The first-order chi connectivity index (χ1) is 15.4. The third-order valence-electron chi connectivity index (χ3n) is 4.06. The van der Waals surface area contributed by atoms with Crippen molar-refractivity contribution in [3.05, 3.63) is 47.5 Å². The fourth-order valence-corrected chi connectivity index (χ4v) is 4.33. The van der Waals surface area contributed by atoms with E-state index in [0.717, 1.165) is 9.37 Å². The van der Waals surface area contributed by atoms with Gasteiger partial charge in [-0.25, -0.2) is 28.4 Å². The van der Waals surface area contributed by atoms with Gasteiger partial charge in [0.2, 0.25) is 15.9 Å². The first-order valence-electron chi connectivity index (χ1n) is 9.65. The highest BCUT2D eigenvalue weighted by Crippen LogP contribution is 2.35. The topological polar surface area (TPSA) is 116 Å². The van der Waals surface area contributed by atoms with Crippen LogP contribution < -0.4 is 14.2 Å². The Morgan fingerprint density at radius 2 is 1.72 bits per heavy atom. The number of halogens is 1. The van der Waals surface area contributed by atoms with Gasteiger partial charge in [0, 0.05) is 21.8 Å². The Bertz CT molecular complexity index is 1130. The Hall–Kier alpha value is -2.44. The van der Waals surface area contributed by atoms with E-state index in [1.807, 2.05) is 30.5 Å². The third kappa shape index (κ3) is 6.78. The second-order valence-corrected chi connectivity index (χ2v) is 10.1. The van der Waals surface area contributed by atoms with E-state index in [1.54, 1.807) is 31.1 Å². The Morgan fingerprint density at radius 3 is 2.38 bits per heavy atom. The number of thioether (sulfide) groups is 1. The van der Waals surface area contributed by atoms with Crippen LogP contribution in [0.1, 0.15) is 13.3 Å². The van der Waals surface area contributed by atoms with Crippen molar-refractivity contribution in [3.8, 4) is 23.0 Å². The van der Waals surface area contributed by atoms with E-state index in [9.17, 15) is 8.42 Å². The number of sulfonamides is 1. The smallest absolute Gasteiger partial charge is 0.316 e. The van der Waals surface area contributed by atoms with E-state index in [-0.39, 0.29) is 36.7 Å². The zero-order chi connectivity index (χ0) is 23.0. The van der Waals surface area contributed by atoms with Gasteiger partial charge in [0.05, 0.1) is 11.3 Å². The summed E-state index contributed by atoms with van der Waals surface area (Å²) in [6.07, 6.45) is 7.03. The number of nitrogens with one attached hydrogen (secondary N) is 1. The van der Waals surface area contributed by atoms with Crippen LogP contribution in [-0.2, 0) is 10.0 Å². The standard InChI is InChI=1S/C20H22BrN5O4S2/c1-3-10-32(27,28)26-18-17(14-4-6-15(21)7-5-14)19(25-13-24-18)29-8-9-30-20-22-11-16(31-2)12-23-20/h4-7,11-13H,3,8-10H2,1-2H3,(H,24,25,26). The van der Waals surface area contributed by atoms with E-state index in [1.165, 1.54) is 6.33 Å². The fraction of sp³-hybridized carbons (Fsp3) is 0.300. The highest BCUT2D eigenvalue weighted by atomic mass is 79.9. The summed E-state index contributed by atoms with van der Waals surface area (Å²) < 4.78 is 39.5. The summed E-state index contributed by atoms with van der Waals surface area (Å²) >= 11 is 4.94. The molecule has 0 aliphatic carbocycles. The molecule has 0 amide bonds. The molecule has 1 aromatic carbocycles. The maximum atomic E-state index is 12.4. The molecule has 0 aliphatic heterocycles. The average Bonchev–Trinajstić information content (AvgIpc) is 2.78. The zero-order valence-electron chi connectivity index (χ0n) is 17.5. The molecule has 9 nitrogen and oxygen atoms in total. The molecular formula is C20H22BrN5O4S2. The molecule has 12 heteroatoms. The monoisotopic (exact) mass is 539 g/mol. The highest BCUT2D eigenvalue weighted by Gasteiger charge is 2.19. The van der Waals surface area contributed by atoms with Gasteiger partial charge in [-0.3, -0.25) is 4.72 Å². The first kappa shape index (κ1) is 24.2. The normalized spacial score (nSPS) is 11.2. The van der Waals surface area contributed by atoms with Crippen LogP contribution in [0.4, 0.5) is 5.82 Å². The van der Waals surface area contributed by atoms with Crippen molar-refractivity contribution >= 4 is 43.5 Å². The third-order valence-corrected chi connectivity index (χ3v) is 6.72. The van der Waals surface area contributed by atoms with Gasteiger partial charge in [-0.05, 0) is 30.4 Å². The van der Waals surface area contributed by atoms with E-state index in [4.69, 9.17) is 9.47 Å². The number of anilines is 1. The molecule has 0 fully saturated rings. The molecule has 0 unspecified atom stereocenters. The van der Waals surface area contributed by atoms with Gasteiger partial charge in [-0.2, -0.15) is 0 Å². The van der Waals surface area contributed by atoms with Crippen molar-refractivity contribution in [3.63, 3.8) is 0 Å². The minimum Gasteiger partial charge on any atom is -0.473 e. The van der Waals surface area contributed by atoms with E-state index in [0.29, 0.717) is 17.5 Å². The molecule has 0 spiro atoms. The molecule has 0 atom stereocenters. The molecule has 32 heavy (non-hydrogen) atoms. The van der Waals surface area contributed by atoms with Crippen LogP contribution in [-0.4, -0.2) is 53.6 Å². The van der Waals surface area contributed by atoms with Crippen LogP contribution >= 0.6 is 27.7 Å². The number of rotatable bonds is 11. The summed E-state index contributed by atoms with van der Waals surface area (Å²) in [5.41, 5.74) is 1.15. The van der Waals surface area contributed by atoms with Gasteiger partial charge in [-0.1, -0.05) is 35.0 Å². The van der Waals surface area contributed by atoms with Crippen molar-refractivity contribution in [1.29, 1.82) is 0 Å². The summed E-state index contributed by atoms with van der Waals surface area (Å²) in [5.74, 6) is 0.373. The van der Waals surface area contributed by atoms with Gasteiger partial charge in [0.1, 0.15) is 19.5 Å². The van der Waals surface area contributed by atoms with Crippen molar-refractivity contribution in [1.82, 2.24) is 19.9 Å². The SMILES string of the molecule is CCCS(=O)(=O)Nc1ncnc(OCCOc2ncc(SC)cn2)c1-c1ccc(Br)cc1. The minimum absolute atomic E-state index is 0.0177. The summed E-state index contributed by atoms with van der Waals surface area (Å²) in [6.45, 7) is 2.12. The summed E-state index contributed by atoms with van der Waals surface area (Å²) in [4.78, 5) is 17.5. The number of benzene rings is 1. The quantitative estimate of drug-likeness (QED) is 0.284. The maximum Gasteiger partial charge on any atom is 0.316 e. The van der Waals surface area contributed by atoms with Crippen LogP contribution in [0.25, 0.3) is 11.1 Å². The predicted octanol–water partition coefficient (Wildman–Crippen LogP) is 4.03. The van der Waals surface area contributed by atoms with Crippen LogP contribution in [0.3, 0.4) is 0 Å². The first-order valence-corrected chi connectivity index (χ1v) is 13.3.